The number of ether oxygens (including phenoxy) is 1. The fourth-order valence-corrected chi connectivity index (χ4v) is 4.83. The van der Waals surface area contributed by atoms with Crippen molar-refractivity contribution >= 4 is 11.9 Å². The summed E-state index contributed by atoms with van der Waals surface area (Å²) in [6.45, 7) is 4.66. The van der Waals surface area contributed by atoms with Crippen LogP contribution in [0, 0.1) is 11.6 Å². The first-order valence-electron chi connectivity index (χ1n) is 12.1. The van der Waals surface area contributed by atoms with E-state index in [-0.39, 0.29) is 42.8 Å². The SMILES string of the molecule is CCOc1ccc(CC(=O)O)cc1-c1ccc(F)c2c1CN(C(=O)CC(C)c1ccccc1F)CC2. The predicted molar refractivity (Wildman–Crippen MR) is 133 cm³/mol. The molecule has 36 heavy (non-hydrogen) atoms. The van der Waals surface area contributed by atoms with Crippen molar-refractivity contribution in [2.24, 2.45) is 0 Å². The fraction of sp³-hybridized carbons (Fsp3) is 0.310. The van der Waals surface area contributed by atoms with Crippen LogP contribution in [0.1, 0.15) is 48.4 Å². The maximum Gasteiger partial charge on any atom is 0.307 e. The molecule has 0 bridgehead atoms. The highest BCUT2D eigenvalue weighted by molar-refractivity contribution is 5.80. The normalized spacial score (nSPS) is 13.7. The van der Waals surface area contributed by atoms with E-state index in [4.69, 9.17) is 4.74 Å². The second-order valence-corrected chi connectivity index (χ2v) is 9.08. The minimum absolute atomic E-state index is 0.128. The number of carbonyl (C=O) groups excluding carboxylic acids is 1. The number of aliphatic carboxylic acids is 1. The van der Waals surface area contributed by atoms with Crippen LogP contribution in [0.2, 0.25) is 0 Å². The zero-order chi connectivity index (χ0) is 25.8. The Bertz CT molecular complexity index is 1290. The number of carbonyl (C=O) groups is 2. The Hall–Kier alpha value is -3.74. The first-order chi connectivity index (χ1) is 17.3. The van der Waals surface area contributed by atoms with Gasteiger partial charge in [-0.1, -0.05) is 37.3 Å². The number of rotatable bonds is 8. The van der Waals surface area contributed by atoms with Crippen molar-refractivity contribution in [3.63, 3.8) is 0 Å². The van der Waals surface area contributed by atoms with Gasteiger partial charge >= 0.3 is 5.97 Å². The van der Waals surface area contributed by atoms with Gasteiger partial charge in [-0.05, 0) is 71.3 Å². The van der Waals surface area contributed by atoms with Crippen molar-refractivity contribution in [3.05, 3.63) is 88.5 Å². The molecule has 188 valence electrons. The average molecular weight is 494 g/mol. The lowest BCUT2D eigenvalue weighted by Crippen LogP contribution is -2.37. The van der Waals surface area contributed by atoms with E-state index in [1.165, 1.54) is 12.1 Å². The van der Waals surface area contributed by atoms with E-state index in [1.54, 1.807) is 47.4 Å². The van der Waals surface area contributed by atoms with Gasteiger partial charge in [-0.3, -0.25) is 9.59 Å². The molecule has 0 aliphatic carbocycles. The van der Waals surface area contributed by atoms with Crippen molar-refractivity contribution in [3.8, 4) is 16.9 Å². The topological polar surface area (TPSA) is 66.8 Å². The van der Waals surface area contributed by atoms with Crippen LogP contribution in [0.5, 0.6) is 5.75 Å². The van der Waals surface area contributed by atoms with Crippen LogP contribution in [0.25, 0.3) is 11.1 Å². The summed E-state index contributed by atoms with van der Waals surface area (Å²) in [5, 5.41) is 9.25. The summed E-state index contributed by atoms with van der Waals surface area (Å²) in [5.41, 5.74) is 3.70. The van der Waals surface area contributed by atoms with Gasteiger partial charge in [0, 0.05) is 25.1 Å². The number of carboxylic acids is 1. The van der Waals surface area contributed by atoms with Gasteiger partial charge in [0.1, 0.15) is 17.4 Å². The second-order valence-electron chi connectivity index (χ2n) is 9.08. The number of carboxylic acid groups (broad SMARTS) is 1. The molecule has 3 aromatic rings. The number of hydrogen-bond acceptors (Lipinski definition) is 3. The molecule has 0 fully saturated rings. The minimum Gasteiger partial charge on any atom is -0.493 e. The van der Waals surface area contributed by atoms with E-state index >= 15 is 0 Å². The fourth-order valence-electron chi connectivity index (χ4n) is 4.83. The van der Waals surface area contributed by atoms with Crippen molar-refractivity contribution in [1.82, 2.24) is 4.90 Å². The summed E-state index contributed by atoms with van der Waals surface area (Å²) in [6.07, 6.45) is 0.341. The van der Waals surface area contributed by atoms with Crippen LogP contribution in [0.15, 0.2) is 54.6 Å². The van der Waals surface area contributed by atoms with Gasteiger partial charge in [0.25, 0.3) is 0 Å². The first kappa shape index (κ1) is 25.4. The summed E-state index contributed by atoms with van der Waals surface area (Å²) in [6, 6.07) is 14.7. The summed E-state index contributed by atoms with van der Waals surface area (Å²) in [7, 11) is 0. The maximum atomic E-state index is 14.8. The van der Waals surface area contributed by atoms with E-state index < -0.39 is 5.97 Å². The number of hydrogen-bond donors (Lipinski definition) is 1. The highest BCUT2D eigenvalue weighted by Crippen LogP contribution is 2.38. The molecule has 5 nitrogen and oxygen atoms in total. The molecule has 1 amide bonds. The number of amides is 1. The Morgan fingerprint density at radius 2 is 1.81 bits per heavy atom. The molecule has 0 aromatic heterocycles. The van der Waals surface area contributed by atoms with Gasteiger partial charge in [-0.25, -0.2) is 8.78 Å². The van der Waals surface area contributed by atoms with Gasteiger partial charge in [-0.2, -0.15) is 0 Å². The Morgan fingerprint density at radius 1 is 1.03 bits per heavy atom. The molecule has 0 spiro atoms. The van der Waals surface area contributed by atoms with E-state index in [0.29, 0.717) is 58.7 Å². The molecule has 1 N–H and O–H groups in total. The molecule has 0 saturated carbocycles. The Morgan fingerprint density at radius 3 is 2.53 bits per heavy atom. The Labute approximate surface area is 209 Å². The summed E-state index contributed by atoms with van der Waals surface area (Å²) in [5.74, 6) is -1.49. The smallest absolute Gasteiger partial charge is 0.307 e. The third-order valence-corrected chi connectivity index (χ3v) is 6.61. The molecule has 1 aliphatic heterocycles. The average Bonchev–Trinajstić information content (AvgIpc) is 2.85. The number of halogens is 2. The van der Waals surface area contributed by atoms with Gasteiger partial charge < -0.3 is 14.7 Å². The largest absolute Gasteiger partial charge is 0.493 e. The number of benzene rings is 3. The molecular formula is C29H29F2NO4. The molecule has 0 saturated heterocycles. The predicted octanol–water partition coefficient (Wildman–Crippen LogP) is 5.74. The molecule has 1 atom stereocenters. The second kappa shape index (κ2) is 10.9. The van der Waals surface area contributed by atoms with Gasteiger partial charge in [-0.15, -0.1) is 0 Å². The molecule has 4 rings (SSSR count). The monoisotopic (exact) mass is 493 g/mol. The molecule has 7 heteroatoms. The van der Waals surface area contributed by atoms with Gasteiger partial charge in [0.05, 0.1) is 13.0 Å². The van der Waals surface area contributed by atoms with E-state index in [1.807, 2.05) is 13.8 Å². The zero-order valence-corrected chi connectivity index (χ0v) is 20.4. The van der Waals surface area contributed by atoms with Crippen LogP contribution in [0.4, 0.5) is 8.78 Å². The summed E-state index contributed by atoms with van der Waals surface area (Å²) in [4.78, 5) is 26.2. The lowest BCUT2D eigenvalue weighted by atomic mass is 9.89. The van der Waals surface area contributed by atoms with E-state index in [0.717, 1.165) is 0 Å². The van der Waals surface area contributed by atoms with Gasteiger partial charge in [0.15, 0.2) is 0 Å². The Kier molecular flexibility index (Phi) is 7.67. The highest BCUT2D eigenvalue weighted by Gasteiger charge is 2.28. The molecular weight excluding hydrogens is 464 g/mol. The summed E-state index contributed by atoms with van der Waals surface area (Å²) < 4.78 is 34.8. The number of nitrogens with zero attached hydrogens (tertiary/aromatic N) is 1. The molecule has 1 unspecified atom stereocenters. The van der Waals surface area contributed by atoms with Crippen LogP contribution < -0.4 is 4.74 Å². The van der Waals surface area contributed by atoms with Gasteiger partial charge in [0.2, 0.25) is 5.91 Å². The molecule has 3 aromatic carbocycles. The minimum atomic E-state index is -0.952. The highest BCUT2D eigenvalue weighted by atomic mass is 19.1. The third kappa shape index (κ3) is 5.40. The molecule has 0 radical (unpaired) electrons. The number of fused-ring (bicyclic) bond motifs is 1. The van der Waals surface area contributed by atoms with Crippen LogP contribution >= 0.6 is 0 Å². The molecule has 1 heterocycles. The lowest BCUT2D eigenvalue weighted by molar-refractivity contribution is -0.136. The molecule has 1 aliphatic rings. The maximum absolute atomic E-state index is 14.8. The van der Waals surface area contributed by atoms with Crippen molar-refractivity contribution < 1.29 is 28.2 Å². The zero-order valence-electron chi connectivity index (χ0n) is 20.4. The van der Waals surface area contributed by atoms with Crippen LogP contribution in [-0.2, 0) is 29.0 Å². The Balaban J connectivity index is 1.66. The van der Waals surface area contributed by atoms with Crippen molar-refractivity contribution in [1.29, 1.82) is 0 Å². The van der Waals surface area contributed by atoms with E-state index in [2.05, 4.69) is 0 Å². The van der Waals surface area contributed by atoms with Crippen molar-refractivity contribution in [2.45, 2.75) is 45.6 Å². The summed E-state index contributed by atoms with van der Waals surface area (Å²) >= 11 is 0. The standard InChI is InChI=1S/C29H29F2NO4/c1-3-36-27-11-8-19(16-29(34)35)15-23(27)21-9-10-26(31)22-12-13-32(17-24(21)22)28(33)14-18(2)20-6-4-5-7-25(20)30/h4-11,15,18H,3,12-14,16-17H2,1-2H3,(H,34,35). The first-order valence-corrected chi connectivity index (χ1v) is 12.1. The van der Waals surface area contributed by atoms with Crippen molar-refractivity contribution in [2.75, 3.05) is 13.2 Å². The van der Waals surface area contributed by atoms with E-state index in [9.17, 15) is 23.5 Å². The lowest BCUT2D eigenvalue weighted by Gasteiger charge is -2.32. The van der Waals surface area contributed by atoms with Crippen LogP contribution in [-0.4, -0.2) is 35.0 Å². The quantitative estimate of drug-likeness (QED) is 0.435. The van der Waals surface area contributed by atoms with Crippen LogP contribution in [0.3, 0.4) is 0 Å². The third-order valence-electron chi connectivity index (χ3n) is 6.61.